The Labute approximate surface area is 83.9 Å². The van der Waals surface area contributed by atoms with Gasteiger partial charge in [0.15, 0.2) is 0 Å². The molecule has 0 aliphatic carbocycles. The van der Waals surface area contributed by atoms with Gasteiger partial charge in [-0.15, -0.1) is 0 Å². The number of rotatable bonds is 4. The third-order valence-electron chi connectivity index (χ3n) is 2.29. The van der Waals surface area contributed by atoms with Crippen LogP contribution in [0.25, 0.3) is 0 Å². The van der Waals surface area contributed by atoms with Crippen molar-refractivity contribution in [2.75, 3.05) is 6.54 Å². The second-order valence-corrected chi connectivity index (χ2v) is 4.18. The quantitative estimate of drug-likeness (QED) is 0.672. The standard InChI is InChI=1S/C10H17NO3/c1-7(2)5-8(12)6-11-9(13)3-4-10(11)14/h7-8,12H,3-6H2,1-2H3. The van der Waals surface area contributed by atoms with Crippen LogP contribution in [0.2, 0.25) is 0 Å². The molecule has 0 radical (unpaired) electrons. The lowest BCUT2D eigenvalue weighted by Gasteiger charge is -2.19. The van der Waals surface area contributed by atoms with Crippen molar-refractivity contribution in [1.82, 2.24) is 4.90 Å². The highest BCUT2D eigenvalue weighted by atomic mass is 16.3. The molecule has 1 aliphatic heterocycles. The molecule has 0 aromatic carbocycles. The number of likely N-dealkylation sites (tertiary alicyclic amines) is 1. The molecule has 1 atom stereocenters. The summed E-state index contributed by atoms with van der Waals surface area (Å²) in [5, 5.41) is 9.57. The van der Waals surface area contributed by atoms with Gasteiger partial charge in [0.25, 0.3) is 0 Å². The van der Waals surface area contributed by atoms with Crippen molar-refractivity contribution in [3.63, 3.8) is 0 Å². The van der Waals surface area contributed by atoms with Crippen molar-refractivity contribution in [2.45, 2.75) is 39.2 Å². The SMILES string of the molecule is CC(C)CC(O)CN1C(=O)CCC1=O. The van der Waals surface area contributed by atoms with Crippen LogP contribution in [0, 0.1) is 5.92 Å². The minimum atomic E-state index is -0.582. The van der Waals surface area contributed by atoms with Crippen LogP contribution in [0.3, 0.4) is 0 Å². The Morgan fingerprint density at radius 2 is 1.79 bits per heavy atom. The second-order valence-electron chi connectivity index (χ2n) is 4.18. The summed E-state index contributed by atoms with van der Waals surface area (Å²) < 4.78 is 0. The number of hydrogen-bond donors (Lipinski definition) is 1. The predicted octanol–water partition coefficient (Wildman–Crippen LogP) is 0.542. The first-order valence-electron chi connectivity index (χ1n) is 5.02. The molecule has 80 valence electrons. The fraction of sp³-hybridized carbons (Fsp3) is 0.800. The number of aliphatic hydroxyl groups excluding tert-OH is 1. The van der Waals surface area contributed by atoms with Crippen molar-refractivity contribution in [3.8, 4) is 0 Å². The number of carbonyl (C=O) groups is 2. The molecule has 0 bridgehead atoms. The van der Waals surface area contributed by atoms with Gasteiger partial charge in [0, 0.05) is 12.8 Å². The number of carbonyl (C=O) groups excluding carboxylic acids is 2. The molecule has 4 heteroatoms. The molecule has 1 aliphatic rings. The van der Waals surface area contributed by atoms with E-state index in [9.17, 15) is 14.7 Å². The molecule has 0 aromatic rings. The fourth-order valence-corrected chi connectivity index (χ4v) is 1.66. The highest BCUT2D eigenvalue weighted by Crippen LogP contribution is 2.14. The average Bonchev–Trinajstić information content (AvgIpc) is 2.34. The maximum Gasteiger partial charge on any atom is 0.229 e. The van der Waals surface area contributed by atoms with Crippen LogP contribution in [-0.2, 0) is 9.59 Å². The Morgan fingerprint density at radius 1 is 1.29 bits per heavy atom. The molecule has 14 heavy (non-hydrogen) atoms. The molecule has 1 heterocycles. The highest BCUT2D eigenvalue weighted by molar-refractivity contribution is 6.01. The third kappa shape index (κ3) is 2.80. The zero-order valence-corrected chi connectivity index (χ0v) is 8.69. The van der Waals surface area contributed by atoms with Crippen molar-refractivity contribution >= 4 is 11.8 Å². The van der Waals surface area contributed by atoms with Gasteiger partial charge in [0.05, 0.1) is 12.6 Å². The van der Waals surface area contributed by atoms with E-state index in [0.717, 1.165) is 0 Å². The molecular formula is C10H17NO3. The fourth-order valence-electron chi connectivity index (χ4n) is 1.66. The summed E-state index contributed by atoms with van der Waals surface area (Å²) in [5.74, 6) is 0.0634. The summed E-state index contributed by atoms with van der Waals surface area (Å²) in [6, 6.07) is 0. The lowest BCUT2D eigenvalue weighted by atomic mass is 10.1. The van der Waals surface area contributed by atoms with E-state index < -0.39 is 6.10 Å². The van der Waals surface area contributed by atoms with Crippen LogP contribution in [0.4, 0.5) is 0 Å². The van der Waals surface area contributed by atoms with Crippen LogP contribution in [0.1, 0.15) is 33.1 Å². The predicted molar refractivity (Wildman–Crippen MR) is 51.4 cm³/mol. The van der Waals surface area contributed by atoms with Gasteiger partial charge in [0.2, 0.25) is 11.8 Å². The molecule has 0 aromatic heterocycles. The summed E-state index contributed by atoms with van der Waals surface area (Å²) in [4.78, 5) is 23.6. The van der Waals surface area contributed by atoms with Crippen molar-refractivity contribution in [1.29, 1.82) is 0 Å². The van der Waals surface area contributed by atoms with Crippen LogP contribution >= 0.6 is 0 Å². The molecule has 2 amide bonds. The summed E-state index contributed by atoms with van der Waals surface area (Å²) in [6.07, 6.45) is 0.637. The molecule has 1 saturated heterocycles. The number of β-amino-alcohol motifs (C(OH)–C–C–N with tert-alkyl or cyclic N) is 1. The van der Waals surface area contributed by atoms with E-state index in [4.69, 9.17) is 0 Å². The maximum absolute atomic E-state index is 11.2. The Bertz CT molecular complexity index is 222. The minimum absolute atomic E-state index is 0.155. The molecule has 1 unspecified atom stereocenters. The van der Waals surface area contributed by atoms with Gasteiger partial charge in [-0.05, 0) is 12.3 Å². The zero-order chi connectivity index (χ0) is 10.7. The topological polar surface area (TPSA) is 57.6 Å². The van der Waals surface area contributed by atoms with Gasteiger partial charge in [-0.2, -0.15) is 0 Å². The van der Waals surface area contributed by atoms with Gasteiger partial charge in [-0.25, -0.2) is 0 Å². The molecule has 1 rings (SSSR count). The Hall–Kier alpha value is -0.900. The van der Waals surface area contributed by atoms with Gasteiger partial charge >= 0.3 is 0 Å². The lowest BCUT2D eigenvalue weighted by molar-refractivity contribution is -0.140. The van der Waals surface area contributed by atoms with Crippen LogP contribution < -0.4 is 0 Å². The number of imide groups is 1. The second kappa shape index (κ2) is 4.55. The van der Waals surface area contributed by atoms with E-state index >= 15 is 0 Å². The summed E-state index contributed by atoms with van der Waals surface area (Å²) in [5.41, 5.74) is 0. The molecule has 1 fully saturated rings. The van der Waals surface area contributed by atoms with E-state index in [2.05, 4.69) is 0 Å². The number of hydrogen-bond acceptors (Lipinski definition) is 3. The van der Waals surface area contributed by atoms with E-state index in [1.807, 2.05) is 13.8 Å². The molecule has 0 spiro atoms. The van der Waals surface area contributed by atoms with E-state index in [1.165, 1.54) is 4.90 Å². The molecule has 4 nitrogen and oxygen atoms in total. The average molecular weight is 199 g/mol. The minimum Gasteiger partial charge on any atom is -0.391 e. The Morgan fingerprint density at radius 3 is 2.21 bits per heavy atom. The lowest BCUT2D eigenvalue weighted by Crippen LogP contribution is -2.36. The van der Waals surface area contributed by atoms with Gasteiger partial charge in [-0.1, -0.05) is 13.8 Å². The van der Waals surface area contributed by atoms with Crippen LogP contribution in [0.15, 0.2) is 0 Å². The number of amides is 2. The summed E-state index contributed by atoms with van der Waals surface area (Å²) in [6.45, 7) is 4.16. The van der Waals surface area contributed by atoms with Crippen molar-refractivity contribution in [2.24, 2.45) is 5.92 Å². The van der Waals surface area contributed by atoms with Crippen molar-refractivity contribution < 1.29 is 14.7 Å². The molecule has 0 saturated carbocycles. The Balaban J connectivity index is 2.42. The molecule has 1 N–H and O–H groups in total. The highest BCUT2D eigenvalue weighted by Gasteiger charge is 2.30. The maximum atomic E-state index is 11.2. The van der Waals surface area contributed by atoms with E-state index in [-0.39, 0.29) is 18.4 Å². The van der Waals surface area contributed by atoms with Gasteiger partial charge in [-0.3, -0.25) is 14.5 Å². The Kier molecular flexibility index (Phi) is 3.63. The zero-order valence-electron chi connectivity index (χ0n) is 8.69. The first kappa shape index (κ1) is 11.2. The summed E-state index contributed by atoms with van der Waals surface area (Å²) >= 11 is 0. The number of nitrogens with zero attached hydrogens (tertiary/aromatic N) is 1. The summed E-state index contributed by atoms with van der Waals surface area (Å²) in [7, 11) is 0. The smallest absolute Gasteiger partial charge is 0.229 e. The van der Waals surface area contributed by atoms with Crippen LogP contribution in [0.5, 0.6) is 0 Å². The normalized spacial score (nSPS) is 19.6. The number of aliphatic hydroxyl groups is 1. The molecular weight excluding hydrogens is 182 g/mol. The third-order valence-corrected chi connectivity index (χ3v) is 2.29. The van der Waals surface area contributed by atoms with Gasteiger partial charge in [0.1, 0.15) is 0 Å². The monoisotopic (exact) mass is 199 g/mol. The van der Waals surface area contributed by atoms with Gasteiger partial charge < -0.3 is 5.11 Å². The van der Waals surface area contributed by atoms with E-state index in [1.54, 1.807) is 0 Å². The van der Waals surface area contributed by atoms with E-state index in [0.29, 0.717) is 25.2 Å². The van der Waals surface area contributed by atoms with Crippen LogP contribution in [-0.4, -0.2) is 34.5 Å². The first-order chi connectivity index (χ1) is 6.50. The largest absolute Gasteiger partial charge is 0.391 e. The van der Waals surface area contributed by atoms with Crippen molar-refractivity contribution in [3.05, 3.63) is 0 Å². The first-order valence-corrected chi connectivity index (χ1v) is 5.02.